The SMILES string of the molecule is CCN(CC1CC1)C1(CN)CCCCC1C. The van der Waals surface area contributed by atoms with E-state index in [-0.39, 0.29) is 0 Å². The fourth-order valence-corrected chi connectivity index (χ4v) is 3.54. The minimum Gasteiger partial charge on any atom is -0.329 e. The van der Waals surface area contributed by atoms with Crippen molar-refractivity contribution in [3.8, 4) is 0 Å². The van der Waals surface area contributed by atoms with Crippen LogP contribution in [0.2, 0.25) is 0 Å². The molecule has 0 aliphatic heterocycles. The van der Waals surface area contributed by atoms with Crippen molar-refractivity contribution in [1.29, 1.82) is 0 Å². The largest absolute Gasteiger partial charge is 0.329 e. The van der Waals surface area contributed by atoms with Crippen LogP contribution in [0.4, 0.5) is 0 Å². The lowest BCUT2D eigenvalue weighted by Gasteiger charge is -2.50. The van der Waals surface area contributed by atoms with E-state index in [1.807, 2.05) is 0 Å². The maximum absolute atomic E-state index is 6.16. The van der Waals surface area contributed by atoms with Crippen LogP contribution < -0.4 is 5.73 Å². The smallest absolute Gasteiger partial charge is 0.0357 e. The first kappa shape index (κ1) is 12.4. The third kappa shape index (κ3) is 2.28. The summed E-state index contributed by atoms with van der Waals surface area (Å²) in [6.07, 6.45) is 8.38. The zero-order valence-electron chi connectivity index (χ0n) is 11.0. The quantitative estimate of drug-likeness (QED) is 0.778. The molecule has 0 bridgehead atoms. The molecule has 0 aromatic rings. The Morgan fingerprint density at radius 3 is 2.50 bits per heavy atom. The summed E-state index contributed by atoms with van der Waals surface area (Å²) < 4.78 is 0. The highest BCUT2D eigenvalue weighted by atomic mass is 15.2. The van der Waals surface area contributed by atoms with Gasteiger partial charge in [-0.05, 0) is 44.1 Å². The summed E-state index contributed by atoms with van der Waals surface area (Å²) in [5.74, 6) is 1.77. The van der Waals surface area contributed by atoms with E-state index in [0.29, 0.717) is 5.54 Å². The molecule has 0 amide bonds. The average molecular weight is 224 g/mol. The summed E-state index contributed by atoms with van der Waals surface area (Å²) in [7, 11) is 0. The standard InChI is InChI=1S/C14H28N2/c1-3-16(10-13-7-8-13)14(11-15)9-5-4-6-12(14)2/h12-13H,3-11,15H2,1-2H3. The molecule has 0 aromatic heterocycles. The molecule has 0 radical (unpaired) electrons. The molecular formula is C14H28N2. The maximum Gasteiger partial charge on any atom is 0.0357 e. The first-order chi connectivity index (χ1) is 7.73. The molecule has 2 N–H and O–H groups in total. The predicted octanol–water partition coefficient (Wildman–Crippen LogP) is 2.63. The van der Waals surface area contributed by atoms with Crippen molar-refractivity contribution in [3.63, 3.8) is 0 Å². The van der Waals surface area contributed by atoms with Gasteiger partial charge < -0.3 is 5.73 Å². The summed E-state index contributed by atoms with van der Waals surface area (Å²) >= 11 is 0. The van der Waals surface area contributed by atoms with Gasteiger partial charge in [-0.2, -0.15) is 0 Å². The van der Waals surface area contributed by atoms with Gasteiger partial charge in [0.15, 0.2) is 0 Å². The van der Waals surface area contributed by atoms with Crippen LogP contribution in [0.3, 0.4) is 0 Å². The van der Waals surface area contributed by atoms with Crippen LogP contribution in [0.25, 0.3) is 0 Å². The lowest BCUT2D eigenvalue weighted by atomic mass is 9.72. The Bertz CT molecular complexity index is 225. The van der Waals surface area contributed by atoms with Gasteiger partial charge >= 0.3 is 0 Å². The fourth-order valence-electron chi connectivity index (χ4n) is 3.54. The zero-order valence-corrected chi connectivity index (χ0v) is 11.0. The molecular weight excluding hydrogens is 196 g/mol. The van der Waals surface area contributed by atoms with E-state index in [0.717, 1.165) is 18.4 Å². The van der Waals surface area contributed by atoms with Gasteiger partial charge in [-0.1, -0.05) is 26.7 Å². The molecule has 16 heavy (non-hydrogen) atoms. The molecule has 2 nitrogen and oxygen atoms in total. The Morgan fingerprint density at radius 1 is 1.25 bits per heavy atom. The number of likely N-dealkylation sites (N-methyl/N-ethyl adjacent to an activating group) is 1. The Morgan fingerprint density at radius 2 is 2.00 bits per heavy atom. The van der Waals surface area contributed by atoms with Crippen molar-refractivity contribution in [3.05, 3.63) is 0 Å². The maximum atomic E-state index is 6.16. The van der Waals surface area contributed by atoms with Crippen molar-refractivity contribution < 1.29 is 0 Å². The highest BCUT2D eigenvalue weighted by Crippen LogP contribution is 2.40. The second kappa shape index (κ2) is 5.05. The molecule has 2 unspecified atom stereocenters. The van der Waals surface area contributed by atoms with E-state index in [9.17, 15) is 0 Å². The van der Waals surface area contributed by atoms with E-state index >= 15 is 0 Å². The third-order valence-electron chi connectivity index (χ3n) is 4.95. The van der Waals surface area contributed by atoms with Gasteiger partial charge in [0.25, 0.3) is 0 Å². The van der Waals surface area contributed by atoms with Crippen LogP contribution in [0.5, 0.6) is 0 Å². The van der Waals surface area contributed by atoms with Crippen molar-refractivity contribution in [1.82, 2.24) is 4.90 Å². The van der Waals surface area contributed by atoms with Gasteiger partial charge in [-0.3, -0.25) is 4.90 Å². The highest BCUT2D eigenvalue weighted by Gasteiger charge is 2.42. The second-order valence-corrected chi connectivity index (χ2v) is 5.94. The zero-order chi connectivity index (χ0) is 11.6. The first-order valence-electron chi connectivity index (χ1n) is 7.18. The van der Waals surface area contributed by atoms with Crippen LogP contribution in [-0.4, -0.2) is 30.1 Å². The Labute approximate surface area is 101 Å². The molecule has 2 heteroatoms. The van der Waals surface area contributed by atoms with E-state index < -0.39 is 0 Å². The molecule has 2 aliphatic carbocycles. The van der Waals surface area contributed by atoms with Gasteiger partial charge in [0.05, 0.1) is 0 Å². The molecule has 0 saturated heterocycles. The molecule has 2 saturated carbocycles. The van der Waals surface area contributed by atoms with Gasteiger partial charge in [0, 0.05) is 18.6 Å². The van der Waals surface area contributed by atoms with Gasteiger partial charge in [0.2, 0.25) is 0 Å². The number of nitrogens with zero attached hydrogens (tertiary/aromatic N) is 1. The van der Waals surface area contributed by atoms with Crippen LogP contribution >= 0.6 is 0 Å². The van der Waals surface area contributed by atoms with Crippen LogP contribution in [-0.2, 0) is 0 Å². The van der Waals surface area contributed by atoms with Crippen molar-refractivity contribution in [2.24, 2.45) is 17.6 Å². The van der Waals surface area contributed by atoms with Gasteiger partial charge in [-0.25, -0.2) is 0 Å². The molecule has 2 fully saturated rings. The number of hydrogen-bond donors (Lipinski definition) is 1. The number of hydrogen-bond acceptors (Lipinski definition) is 2. The minimum absolute atomic E-state index is 0.329. The first-order valence-corrected chi connectivity index (χ1v) is 7.18. The van der Waals surface area contributed by atoms with Gasteiger partial charge in [-0.15, -0.1) is 0 Å². The fraction of sp³-hybridized carbons (Fsp3) is 1.00. The van der Waals surface area contributed by atoms with E-state index in [2.05, 4.69) is 18.7 Å². The molecule has 0 aromatic carbocycles. The van der Waals surface area contributed by atoms with E-state index in [1.54, 1.807) is 0 Å². The van der Waals surface area contributed by atoms with Crippen molar-refractivity contribution in [2.75, 3.05) is 19.6 Å². The Kier molecular flexibility index (Phi) is 3.91. The molecule has 0 heterocycles. The van der Waals surface area contributed by atoms with Crippen molar-refractivity contribution in [2.45, 2.75) is 57.9 Å². The second-order valence-electron chi connectivity index (χ2n) is 5.94. The summed E-state index contributed by atoms with van der Waals surface area (Å²) in [5, 5.41) is 0. The number of nitrogens with two attached hydrogens (primary N) is 1. The molecule has 2 aliphatic rings. The lowest BCUT2D eigenvalue weighted by Crippen LogP contribution is -2.59. The summed E-state index contributed by atoms with van der Waals surface area (Å²) in [4.78, 5) is 2.72. The molecule has 0 spiro atoms. The molecule has 2 rings (SSSR count). The number of rotatable bonds is 5. The summed E-state index contributed by atoms with van der Waals surface area (Å²) in [5.41, 5.74) is 6.49. The Balaban J connectivity index is 2.08. The summed E-state index contributed by atoms with van der Waals surface area (Å²) in [6.45, 7) is 8.06. The van der Waals surface area contributed by atoms with Crippen molar-refractivity contribution >= 4 is 0 Å². The third-order valence-corrected chi connectivity index (χ3v) is 4.95. The van der Waals surface area contributed by atoms with E-state index in [1.165, 1.54) is 51.6 Å². The van der Waals surface area contributed by atoms with Gasteiger partial charge in [0.1, 0.15) is 0 Å². The molecule has 94 valence electrons. The highest BCUT2D eigenvalue weighted by molar-refractivity contribution is 4.99. The topological polar surface area (TPSA) is 29.3 Å². The summed E-state index contributed by atoms with van der Waals surface area (Å²) in [6, 6.07) is 0. The lowest BCUT2D eigenvalue weighted by molar-refractivity contribution is 0.0135. The van der Waals surface area contributed by atoms with Crippen LogP contribution in [0.15, 0.2) is 0 Å². The van der Waals surface area contributed by atoms with Crippen LogP contribution in [0, 0.1) is 11.8 Å². The molecule has 2 atom stereocenters. The average Bonchev–Trinajstić information content (AvgIpc) is 3.11. The normalized spacial score (nSPS) is 35.6. The predicted molar refractivity (Wildman–Crippen MR) is 69.4 cm³/mol. The monoisotopic (exact) mass is 224 g/mol. The Hall–Kier alpha value is -0.0800. The van der Waals surface area contributed by atoms with E-state index in [4.69, 9.17) is 5.73 Å². The van der Waals surface area contributed by atoms with Crippen LogP contribution in [0.1, 0.15) is 52.4 Å². The minimum atomic E-state index is 0.329.